The van der Waals surface area contributed by atoms with E-state index >= 15 is 0 Å². The summed E-state index contributed by atoms with van der Waals surface area (Å²) in [5.41, 5.74) is 7.92. The molecule has 0 aliphatic rings. The van der Waals surface area contributed by atoms with Gasteiger partial charge in [-0.05, 0) is 24.1 Å². The molecule has 0 heterocycles. The van der Waals surface area contributed by atoms with E-state index in [0.29, 0.717) is 12.2 Å². The fourth-order valence-electron chi connectivity index (χ4n) is 1.30. The molecule has 6 heteroatoms. The van der Waals surface area contributed by atoms with Gasteiger partial charge in [0.15, 0.2) is 0 Å². The van der Waals surface area contributed by atoms with Gasteiger partial charge >= 0.3 is 10.2 Å². The number of rotatable bonds is 4. The molecule has 1 aromatic rings. The summed E-state index contributed by atoms with van der Waals surface area (Å²) < 4.78 is 26.9. The minimum atomic E-state index is -3.47. The summed E-state index contributed by atoms with van der Waals surface area (Å²) in [5, 5.41) is 0. The maximum absolute atomic E-state index is 11.7. The SMILES string of the molecule is Cc1cccc(NS(=O)(=O)N(C)C)c1CN. The fourth-order valence-corrected chi connectivity index (χ4v) is 1.95. The van der Waals surface area contributed by atoms with Crippen LogP contribution in [0, 0.1) is 6.92 Å². The van der Waals surface area contributed by atoms with Crippen molar-refractivity contribution in [1.29, 1.82) is 0 Å². The van der Waals surface area contributed by atoms with E-state index in [1.54, 1.807) is 12.1 Å². The molecule has 0 saturated heterocycles. The number of hydrogen-bond donors (Lipinski definition) is 2. The molecule has 1 rings (SSSR count). The normalized spacial score (nSPS) is 11.8. The van der Waals surface area contributed by atoms with Crippen molar-refractivity contribution in [1.82, 2.24) is 4.31 Å². The van der Waals surface area contributed by atoms with Gasteiger partial charge in [-0.3, -0.25) is 4.72 Å². The Morgan fingerprint density at radius 2 is 2.00 bits per heavy atom. The molecule has 1 aromatic carbocycles. The zero-order valence-electron chi connectivity index (χ0n) is 9.69. The Labute approximate surface area is 96.4 Å². The van der Waals surface area contributed by atoms with Crippen LogP contribution in [0.1, 0.15) is 11.1 Å². The van der Waals surface area contributed by atoms with Crippen molar-refractivity contribution in [3.63, 3.8) is 0 Å². The van der Waals surface area contributed by atoms with Gasteiger partial charge in [-0.15, -0.1) is 0 Å². The van der Waals surface area contributed by atoms with Crippen LogP contribution < -0.4 is 10.5 Å². The quantitative estimate of drug-likeness (QED) is 0.816. The third-order valence-electron chi connectivity index (χ3n) is 2.33. The van der Waals surface area contributed by atoms with Gasteiger partial charge in [0.05, 0.1) is 5.69 Å². The second-order valence-electron chi connectivity index (χ2n) is 3.69. The first-order chi connectivity index (χ1) is 7.38. The minimum Gasteiger partial charge on any atom is -0.326 e. The average Bonchev–Trinajstić information content (AvgIpc) is 2.17. The van der Waals surface area contributed by atoms with Crippen LogP contribution in [0.2, 0.25) is 0 Å². The highest BCUT2D eigenvalue weighted by Gasteiger charge is 2.15. The molecule has 0 aliphatic heterocycles. The second-order valence-corrected chi connectivity index (χ2v) is 5.58. The van der Waals surface area contributed by atoms with Gasteiger partial charge in [-0.1, -0.05) is 12.1 Å². The van der Waals surface area contributed by atoms with Crippen LogP contribution in [0.25, 0.3) is 0 Å². The number of hydrogen-bond acceptors (Lipinski definition) is 3. The first-order valence-corrected chi connectivity index (χ1v) is 6.31. The van der Waals surface area contributed by atoms with Crippen molar-refractivity contribution < 1.29 is 8.42 Å². The van der Waals surface area contributed by atoms with Crippen LogP contribution in [-0.2, 0) is 16.8 Å². The lowest BCUT2D eigenvalue weighted by atomic mass is 10.1. The standard InChI is InChI=1S/C10H17N3O2S/c1-8-5-4-6-10(9(8)7-11)12-16(14,15)13(2)3/h4-6,12H,7,11H2,1-3H3. The predicted octanol–water partition coefficient (Wildman–Crippen LogP) is 0.672. The Bertz CT molecular complexity index is 469. The molecule has 0 bridgehead atoms. The zero-order chi connectivity index (χ0) is 12.3. The first-order valence-electron chi connectivity index (χ1n) is 4.87. The lowest BCUT2D eigenvalue weighted by Gasteiger charge is -2.16. The van der Waals surface area contributed by atoms with Crippen molar-refractivity contribution in [3.05, 3.63) is 29.3 Å². The topological polar surface area (TPSA) is 75.4 Å². The molecule has 3 N–H and O–H groups in total. The van der Waals surface area contributed by atoms with Crippen molar-refractivity contribution >= 4 is 15.9 Å². The van der Waals surface area contributed by atoms with Crippen LogP contribution in [0.15, 0.2) is 18.2 Å². The zero-order valence-corrected chi connectivity index (χ0v) is 10.5. The number of benzene rings is 1. The summed E-state index contributed by atoms with van der Waals surface area (Å²) in [6.45, 7) is 2.20. The highest BCUT2D eigenvalue weighted by Crippen LogP contribution is 2.20. The molecule has 5 nitrogen and oxygen atoms in total. The second kappa shape index (κ2) is 4.82. The lowest BCUT2D eigenvalue weighted by molar-refractivity contribution is 0.526. The van der Waals surface area contributed by atoms with Gasteiger partial charge < -0.3 is 5.73 Å². The van der Waals surface area contributed by atoms with Crippen LogP contribution in [0.4, 0.5) is 5.69 Å². The van der Waals surface area contributed by atoms with Crippen molar-refractivity contribution in [2.24, 2.45) is 5.73 Å². The van der Waals surface area contributed by atoms with Gasteiger partial charge in [0.2, 0.25) is 0 Å². The molecule has 0 spiro atoms. The maximum Gasteiger partial charge on any atom is 0.301 e. The number of anilines is 1. The van der Waals surface area contributed by atoms with Gasteiger partial charge in [0.1, 0.15) is 0 Å². The van der Waals surface area contributed by atoms with E-state index in [1.807, 2.05) is 13.0 Å². The van der Waals surface area contributed by atoms with E-state index in [9.17, 15) is 8.42 Å². The lowest BCUT2D eigenvalue weighted by Crippen LogP contribution is -2.29. The molecule has 0 unspecified atom stereocenters. The number of nitrogens with one attached hydrogen (secondary N) is 1. The highest BCUT2D eigenvalue weighted by atomic mass is 32.2. The maximum atomic E-state index is 11.7. The molecule has 0 atom stereocenters. The van der Waals surface area contributed by atoms with Gasteiger partial charge in [0, 0.05) is 20.6 Å². The van der Waals surface area contributed by atoms with Crippen LogP contribution in [0.3, 0.4) is 0 Å². The average molecular weight is 243 g/mol. The van der Waals surface area contributed by atoms with Gasteiger partial charge in [0.25, 0.3) is 0 Å². The van der Waals surface area contributed by atoms with Crippen molar-refractivity contribution in [3.8, 4) is 0 Å². The molecule has 16 heavy (non-hydrogen) atoms. The van der Waals surface area contributed by atoms with Crippen LogP contribution >= 0.6 is 0 Å². The van der Waals surface area contributed by atoms with E-state index in [2.05, 4.69) is 4.72 Å². The summed E-state index contributed by atoms with van der Waals surface area (Å²) in [4.78, 5) is 0. The smallest absolute Gasteiger partial charge is 0.301 e. The van der Waals surface area contributed by atoms with E-state index in [1.165, 1.54) is 14.1 Å². The third-order valence-corrected chi connectivity index (χ3v) is 3.77. The number of aryl methyl sites for hydroxylation is 1. The summed E-state index contributed by atoms with van der Waals surface area (Å²) in [5.74, 6) is 0. The summed E-state index contributed by atoms with van der Waals surface area (Å²) in [6.07, 6.45) is 0. The minimum absolute atomic E-state index is 0.304. The summed E-state index contributed by atoms with van der Waals surface area (Å²) in [7, 11) is -0.528. The van der Waals surface area contributed by atoms with E-state index in [0.717, 1.165) is 15.4 Å². The fraction of sp³-hybridized carbons (Fsp3) is 0.400. The molecule has 0 aliphatic carbocycles. The van der Waals surface area contributed by atoms with Gasteiger partial charge in [-0.25, -0.2) is 0 Å². The summed E-state index contributed by atoms with van der Waals surface area (Å²) >= 11 is 0. The largest absolute Gasteiger partial charge is 0.326 e. The molecule has 0 amide bonds. The van der Waals surface area contributed by atoms with E-state index in [-0.39, 0.29) is 0 Å². The molecule has 0 saturated carbocycles. The Hall–Kier alpha value is -1.11. The Morgan fingerprint density at radius 3 is 2.50 bits per heavy atom. The van der Waals surface area contributed by atoms with E-state index < -0.39 is 10.2 Å². The molecule has 0 radical (unpaired) electrons. The third kappa shape index (κ3) is 2.72. The number of nitrogens with zero attached hydrogens (tertiary/aromatic N) is 1. The highest BCUT2D eigenvalue weighted by molar-refractivity contribution is 7.90. The Kier molecular flexibility index (Phi) is 3.90. The first kappa shape index (κ1) is 13.0. The van der Waals surface area contributed by atoms with Crippen molar-refractivity contribution in [2.45, 2.75) is 13.5 Å². The van der Waals surface area contributed by atoms with E-state index in [4.69, 9.17) is 5.73 Å². The Morgan fingerprint density at radius 1 is 1.38 bits per heavy atom. The predicted molar refractivity (Wildman–Crippen MR) is 65.3 cm³/mol. The molecular weight excluding hydrogens is 226 g/mol. The monoisotopic (exact) mass is 243 g/mol. The van der Waals surface area contributed by atoms with Gasteiger partial charge in [-0.2, -0.15) is 12.7 Å². The molecule has 0 fully saturated rings. The van der Waals surface area contributed by atoms with Crippen LogP contribution in [0.5, 0.6) is 0 Å². The molecule has 0 aromatic heterocycles. The Balaban J connectivity index is 3.12. The van der Waals surface area contributed by atoms with Crippen LogP contribution in [-0.4, -0.2) is 26.8 Å². The number of nitrogens with two attached hydrogens (primary N) is 1. The molecular formula is C10H17N3O2S. The molecule has 90 valence electrons. The van der Waals surface area contributed by atoms with Crippen molar-refractivity contribution in [2.75, 3.05) is 18.8 Å². The summed E-state index contributed by atoms with van der Waals surface area (Å²) in [6, 6.07) is 5.40.